The Morgan fingerprint density at radius 1 is 0.970 bits per heavy atom. The Bertz CT molecular complexity index is 699. The predicted octanol–water partition coefficient (Wildman–Crippen LogP) is 8.03. The van der Waals surface area contributed by atoms with Crippen LogP contribution in [0.25, 0.3) is 0 Å². The van der Waals surface area contributed by atoms with Gasteiger partial charge in [0.2, 0.25) is 5.91 Å². The van der Waals surface area contributed by atoms with E-state index < -0.39 is 0 Å². The lowest BCUT2D eigenvalue weighted by Crippen LogP contribution is -2.54. The minimum Gasteiger partial charge on any atom is -0.352 e. The third-order valence-corrected chi connectivity index (χ3v) is 11.7. The number of hydrogen-bond donors (Lipinski definition) is 1. The summed E-state index contributed by atoms with van der Waals surface area (Å²) in [6, 6.07) is 0. The van der Waals surface area contributed by atoms with E-state index in [1.54, 1.807) is 0 Å². The largest absolute Gasteiger partial charge is 0.352 e. The van der Waals surface area contributed by atoms with Gasteiger partial charge in [-0.1, -0.05) is 60.5 Å². The second-order valence-electron chi connectivity index (χ2n) is 13.8. The van der Waals surface area contributed by atoms with Crippen molar-refractivity contribution in [3.05, 3.63) is 12.7 Å². The van der Waals surface area contributed by atoms with Gasteiger partial charge in [-0.2, -0.15) is 0 Å². The summed E-state index contributed by atoms with van der Waals surface area (Å²) in [4.78, 5) is 11.7. The van der Waals surface area contributed by atoms with Crippen molar-refractivity contribution in [1.82, 2.24) is 5.32 Å². The molecule has 2 nitrogen and oxygen atoms in total. The van der Waals surface area contributed by atoms with E-state index in [0.717, 1.165) is 48.0 Å². The molecule has 4 saturated carbocycles. The van der Waals surface area contributed by atoms with Gasteiger partial charge in [0, 0.05) is 6.54 Å². The summed E-state index contributed by atoms with van der Waals surface area (Å²) < 4.78 is 0. The van der Waals surface area contributed by atoms with Crippen LogP contribution in [0.4, 0.5) is 0 Å². The summed E-state index contributed by atoms with van der Waals surface area (Å²) in [6.07, 6.45) is 18.6. The molecule has 0 saturated heterocycles. The second kappa shape index (κ2) is 10.1. The number of hydrogen-bond acceptors (Lipinski definition) is 1. The van der Waals surface area contributed by atoms with Crippen molar-refractivity contribution in [3.8, 4) is 0 Å². The summed E-state index contributed by atoms with van der Waals surface area (Å²) in [5.41, 5.74) is 1.15. The fourth-order valence-corrected chi connectivity index (χ4v) is 9.87. The van der Waals surface area contributed by atoms with Gasteiger partial charge >= 0.3 is 0 Å². The lowest BCUT2D eigenvalue weighted by molar-refractivity contribution is -0.123. The van der Waals surface area contributed by atoms with E-state index in [9.17, 15) is 4.79 Å². The average molecular weight is 456 g/mol. The molecule has 0 aromatic carbocycles. The van der Waals surface area contributed by atoms with Crippen molar-refractivity contribution in [2.75, 3.05) is 6.54 Å². The third-order valence-electron chi connectivity index (χ3n) is 11.7. The van der Waals surface area contributed by atoms with Gasteiger partial charge in [0.05, 0.1) is 0 Å². The van der Waals surface area contributed by atoms with Gasteiger partial charge in [-0.15, -0.1) is 0 Å². The molecular formula is C31H53NO. The van der Waals surface area contributed by atoms with Crippen LogP contribution in [-0.2, 0) is 4.79 Å². The second-order valence-corrected chi connectivity index (χ2v) is 13.8. The summed E-state index contributed by atoms with van der Waals surface area (Å²) >= 11 is 0. The molecule has 9 atom stereocenters. The smallest absolute Gasteiger partial charge is 0.243 e. The highest BCUT2D eigenvalue weighted by Gasteiger charge is 2.60. The molecule has 0 spiro atoms. The molecular weight excluding hydrogens is 402 g/mol. The molecule has 4 fully saturated rings. The van der Waals surface area contributed by atoms with Crippen molar-refractivity contribution in [2.24, 2.45) is 58.2 Å². The van der Waals surface area contributed by atoms with Gasteiger partial charge in [-0.25, -0.2) is 0 Å². The predicted molar refractivity (Wildman–Crippen MR) is 140 cm³/mol. The Labute approximate surface area is 205 Å². The standard InChI is InChI=1S/C31H53NO/c1-7-29(33)32-20-23-15-17-30(5)24(19-23)11-12-25-27-14-13-26(22(4)10-8-9-21(2)3)31(27,6)18-16-28(25)30/h7,21-28H,1,8-20H2,2-6H3,(H,32,33)/t22-,23+,24+,25+,26-,27+,28+,30+,31-/m1/s1. The van der Waals surface area contributed by atoms with Crippen LogP contribution in [0.2, 0.25) is 0 Å². The van der Waals surface area contributed by atoms with Crippen molar-refractivity contribution in [2.45, 2.75) is 112 Å². The van der Waals surface area contributed by atoms with E-state index in [-0.39, 0.29) is 5.91 Å². The minimum atomic E-state index is -0.00664. The van der Waals surface area contributed by atoms with E-state index in [2.05, 4.69) is 46.5 Å². The molecule has 1 amide bonds. The number of fused-ring (bicyclic) bond motifs is 5. The fourth-order valence-electron chi connectivity index (χ4n) is 9.87. The number of amides is 1. The van der Waals surface area contributed by atoms with Crippen LogP contribution >= 0.6 is 0 Å². The topological polar surface area (TPSA) is 29.1 Å². The first-order valence-corrected chi connectivity index (χ1v) is 14.6. The monoisotopic (exact) mass is 455 g/mol. The molecule has 4 aliphatic carbocycles. The fraction of sp³-hybridized carbons (Fsp3) is 0.903. The highest BCUT2D eigenvalue weighted by atomic mass is 16.1. The Balaban J connectivity index is 1.39. The molecule has 4 rings (SSSR count). The quantitative estimate of drug-likeness (QED) is 0.369. The third kappa shape index (κ3) is 4.84. The van der Waals surface area contributed by atoms with Gasteiger partial charge in [0.1, 0.15) is 0 Å². The van der Waals surface area contributed by atoms with Gasteiger partial charge in [-0.05, 0) is 122 Å². The zero-order valence-corrected chi connectivity index (χ0v) is 22.5. The molecule has 0 aromatic rings. The number of carbonyl (C=O) groups excluding carboxylic acids is 1. The van der Waals surface area contributed by atoms with Crippen LogP contribution < -0.4 is 5.32 Å². The van der Waals surface area contributed by atoms with Crippen LogP contribution in [0.15, 0.2) is 12.7 Å². The first-order valence-electron chi connectivity index (χ1n) is 14.6. The summed E-state index contributed by atoms with van der Waals surface area (Å²) in [5.74, 6) is 7.17. The number of nitrogens with one attached hydrogen (secondary N) is 1. The molecule has 0 radical (unpaired) electrons. The molecule has 2 heteroatoms. The molecule has 33 heavy (non-hydrogen) atoms. The molecule has 188 valence electrons. The summed E-state index contributed by atoms with van der Waals surface area (Å²) in [7, 11) is 0. The maximum absolute atomic E-state index is 11.7. The van der Waals surface area contributed by atoms with E-state index >= 15 is 0 Å². The highest BCUT2D eigenvalue weighted by Crippen LogP contribution is 2.68. The Hall–Kier alpha value is -0.790. The lowest BCUT2D eigenvalue weighted by Gasteiger charge is -2.61. The van der Waals surface area contributed by atoms with E-state index in [1.165, 1.54) is 83.1 Å². The first kappa shape index (κ1) is 25.3. The first-order chi connectivity index (χ1) is 15.7. The Morgan fingerprint density at radius 3 is 2.42 bits per heavy atom. The lowest BCUT2D eigenvalue weighted by atomic mass is 9.44. The zero-order valence-electron chi connectivity index (χ0n) is 22.5. The molecule has 0 heterocycles. The molecule has 0 aromatic heterocycles. The maximum atomic E-state index is 11.7. The zero-order chi connectivity index (χ0) is 23.8. The van der Waals surface area contributed by atoms with Crippen LogP contribution in [0.5, 0.6) is 0 Å². The minimum absolute atomic E-state index is 0.00664. The normalized spacial score (nSPS) is 43.3. The van der Waals surface area contributed by atoms with E-state index in [0.29, 0.717) is 16.7 Å². The van der Waals surface area contributed by atoms with Crippen LogP contribution in [0.3, 0.4) is 0 Å². The summed E-state index contributed by atoms with van der Waals surface area (Å²) in [6.45, 7) is 17.2. The molecule has 4 aliphatic rings. The molecule has 0 bridgehead atoms. The van der Waals surface area contributed by atoms with Crippen LogP contribution in [0, 0.1) is 58.2 Å². The van der Waals surface area contributed by atoms with Crippen molar-refractivity contribution in [1.29, 1.82) is 0 Å². The van der Waals surface area contributed by atoms with Gasteiger partial charge in [0.15, 0.2) is 0 Å². The molecule has 0 aliphatic heterocycles. The molecule has 0 unspecified atom stereocenters. The van der Waals surface area contributed by atoms with Gasteiger partial charge < -0.3 is 5.32 Å². The maximum Gasteiger partial charge on any atom is 0.243 e. The Kier molecular flexibility index (Phi) is 7.72. The van der Waals surface area contributed by atoms with Crippen LogP contribution in [0.1, 0.15) is 112 Å². The van der Waals surface area contributed by atoms with Gasteiger partial charge in [0.25, 0.3) is 0 Å². The Morgan fingerprint density at radius 2 is 1.70 bits per heavy atom. The molecule has 1 N–H and O–H groups in total. The van der Waals surface area contributed by atoms with Crippen molar-refractivity contribution < 1.29 is 4.79 Å². The van der Waals surface area contributed by atoms with Crippen molar-refractivity contribution in [3.63, 3.8) is 0 Å². The summed E-state index contributed by atoms with van der Waals surface area (Å²) in [5, 5.41) is 3.08. The van der Waals surface area contributed by atoms with E-state index in [4.69, 9.17) is 0 Å². The number of carbonyl (C=O) groups is 1. The SMILES string of the molecule is C=CC(=O)NC[C@H]1CC[C@@]2(C)[C@@H](CC[C@@H]3[C@@H]2CC[C@]2(C)[C@@H]([C@H](C)CCCC(C)C)CC[C@@H]32)C1. The number of rotatable bonds is 8. The van der Waals surface area contributed by atoms with Gasteiger partial charge in [-0.3, -0.25) is 4.79 Å². The van der Waals surface area contributed by atoms with Crippen molar-refractivity contribution >= 4 is 5.91 Å². The highest BCUT2D eigenvalue weighted by molar-refractivity contribution is 5.86. The van der Waals surface area contributed by atoms with E-state index in [1.807, 2.05) is 0 Å². The van der Waals surface area contributed by atoms with Crippen LogP contribution in [-0.4, -0.2) is 12.5 Å². The average Bonchev–Trinajstić information content (AvgIpc) is 3.14.